The molecule has 13 heavy (non-hydrogen) atoms. The Hall–Kier alpha value is -0.120. The van der Waals surface area contributed by atoms with Crippen molar-refractivity contribution in [3.8, 4) is 0 Å². The fourth-order valence-electron chi connectivity index (χ4n) is 2.37. The lowest BCUT2D eigenvalue weighted by Crippen LogP contribution is -2.39. The van der Waals surface area contributed by atoms with Crippen molar-refractivity contribution < 1.29 is 10.2 Å². The van der Waals surface area contributed by atoms with Crippen LogP contribution in [0.3, 0.4) is 0 Å². The molecule has 2 fully saturated rings. The molecule has 0 aromatic rings. The first-order chi connectivity index (χ1) is 6.28. The number of hydrogen-bond donors (Lipinski definition) is 3. The Morgan fingerprint density at radius 3 is 2.38 bits per heavy atom. The third kappa shape index (κ3) is 1.73. The Labute approximate surface area is 79.2 Å². The third-order valence-electron chi connectivity index (χ3n) is 3.66. The van der Waals surface area contributed by atoms with Crippen molar-refractivity contribution in [3.63, 3.8) is 0 Å². The van der Waals surface area contributed by atoms with Crippen LogP contribution in [0.15, 0.2) is 0 Å². The fourth-order valence-corrected chi connectivity index (χ4v) is 2.37. The molecular formula is C10H19NO2. The standard InChI is InChI=1S/C10H19NO2/c12-7-10(3-4-10)9(13)8-1-5-11-6-2-8/h8-9,11-13H,1-7H2. The third-order valence-corrected chi connectivity index (χ3v) is 3.66. The van der Waals surface area contributed by atoms with Gasteiger partial charge in [0.15, 0.2) is 0 Å². The monoisotopic (exact) mass is 185 g/mol. The van der Waals surface area contributed by atoms with E-state index in [0.29, 0.717) is 5.92 Å². The van der Waals surface area contributed by atoms with E-state index in [1.54, 1.807) is 0 Å². The minimum absolute atomic E-state index is 0.109. The molecule has 1 saturated carbocycles. The first-order valence-electron chi connectivity index (χ1n) is 5.28. The molecule has 0 amide bonds. The van der Waals surface area contributed by atoms with Gasteiger partial charge in [-0.3, -0.25) is 0 Å². The second-order valence-corrected chi connectivity index (χ2v) is 4.55. The van der Waals surface area contributed by atoms with Crippen LogP contribution in [0.4, 0.5) is 0 Å². The van der Waals surface area contributed by atoms with E-state index in [4.69, 9.17) is 0 Å². The van der Waals surface area contributed by atoms with Crippen LogP contribution < -0.4 is 5.32 Å². The molecule has 2 aliphatic rings. The molecule has 1 aliphatic carbocycles. The van der Waals surface area contributed by atoms with Crippen LogP contribution in [-0.2, 0) is 0 Å². The summed E-state index contributed by atoms with van der Waals surface area (Å²) in [7, 11) is 0. The summed E-state index contributed by atoms with van der Waals surface area (Å²) in [5, 5.41) is 22.5. The van der Waals surface area contributed by atoms with Gasteiger partial charge in [0.25, 0.3) is 0 Å². The molecule has 1 saturated heterocycles. The van der Waals surface area contributed by atoms with E-state index < -0.39 is 0 Å². The Morgan fingerprint density at radius 2 is 1.92 bits per heavy atom. The second kappa shape index (κ2) is 3.56. The highest BCUT2D eigenvalue weighted by atomic mass is 16.3. The van der Waals surface area contributed by atoms with Crippen LogP contribution >= 0.6 is 0 Å². The van der Waals surface area contributed by atoms with E-state index in [-0.39, 0.29) is 18.1 Å². The SMILES string of the molecule is OCC1(C(O)C2CCNCC2)CC1. The van der Waals surface area contributed by atoms with Gasteiger partial charge in [0.05, 0.1) is 12.7 Å². The zero-order valence-corrected chi connectivity index (χ0v) is 8.00. The van der Waals surface area contributed by atoms with E-state index in [2.05, 4.69) is 5.32 Å². The van der Waals surface area contributed by atoms with E-state index in [0.717, 1.165) is 38.8 Å². The molecule has 0 radical (unpaired) electrons. The van der Waals surface area contributed by atoms with Gasteiger partial charge >= 0.3 is 0 Å². The van der Waals surface area contributed by atoms with Gasteiger partial charge in [0.2, 0.25) is 0 Å². The van der Waals surface area contributed by atoms with Gasteiger partial charge in [0, 0.05) is 5.41 Å². The quantitative estimate of drug-likeness (QED) is 0.585. The Balaban J connectivity index is 1.91. The van der Waals surface area contributed by atoms with E-state index in [9.17, 15) is 10.2 Å². The maximum absolute atomic E-state index is 10.1. The van der Waals surface area contributed by atoms with Crippen molar-refractivity contribution in [1.29, 1.82) is 0 Å². The largest absolute Gasteiger partial charge is 0.396 e. The lowest BCUT2D eigenvalue weighted by atomic mass is 9.83. The Morgan fingerprint density at radius 1 is 1.31 bits per heavy atom. The van der Waals surface area contributed by atoms with Gasteiger partial charge < -0.3 is 15.5 Å². The second-order valence-electron chi connectivity index (χ2n) is 4.55. The summed E-state index contributed by atoms with van der Waals surface area (Å²) in [5.74, 6) is 0.413. The number of aliphatic hydroxyl groups is 2. The minimum Gasteiger partial charge on any atom is -0.396 e. The topological polar surface area (TPSA) is 52.5 Å². The van der Waals surface area contributed by atoms with Gasteiger partial charge in [-0.25, -0.2) is 0 Å². The average Bonchev–Trinajstić information content (AvgIpc) is 2.99. The number of nitrogens with one attached hydrogen (secondary N) is 1. The van der Waals surface area contributed by atoms with Gasteiger partial charge in [-0.15, -0.1) is 0 Å². The van der Waals surface area contributed by atoms with Gasteiger partial charge in [0.1, 0.15) is 0 Å². The van der Waals surface area contributed by atoms with E-state index in [1.807, 2.05) is 0 Å². The van der Waals surface area contributed by atoms with Gasteiger partial charge in [-0.1, -0.05) is 0 Å². The molecule has 3 heteroatoms. The first-order valence-corrected chi connectivity index (χ1v) is 5.28. The van der Waals surface area contributed by atoms with Crippen LogP contribution in [0.2, 0.25) is 0 Å². The summed E-state index contributed by atoms with van der Waals surface area (Å²) in [6.45, 7) is 2.20. The summed E-state index contributed by atoms with van der Waals surface area (Å²) in [6.07, 6.45) is 3.87. The van der Waals surface area contributed by atoms with Crippen LogP contribution in [0.25, 0.3) is 0 Å². The van der Waals surface area contributed by atoms with E-state index in [1.165, 1.54) is 0 Å². The first kappa shape index (κ1) is 9.44. The van der Waals surface area contributed by atoms with Crippen molar-refractivity contribution >= 4 is 0 Å². The smallest absolute Gasteiger partial charge is 0.0647 e. The number of hydrogen-bond acceptors (Lipinski definition) is 3. The average molecular weight is 185 g/mol. The summed E-state index contributed by atoms with van der Waals surface area (Å²) >= 11 is 0. The summed E-state index contributed by atoms with van der Waals surface area (Å²) in [4.78, 5) is 0. The van der Waals surface area contributed by atoms with Crippen molar-refractivity contribution in [2.45, 2.75) is 31.8 Å². The van der Waals surface area contributed by atoms with Gasteiger partial charge in [-0.05, 0) is 44.7 Å². The fraction of sp³-hybridized carbons (Fsp3) is 1.00. The van der Waals surface area contributed by atoms with Crippen LogP contribution in [0.1, 0.15) is 25.7 Å². The normalized spacial score (nSPS) is 30.0. The van der Waals surface area contributed by atoms with Crippen molar-refractivity contribution in [3.05, 3.63) is 0 Å². The molecule has 0 aromatic carbocycles. The summed E-state index contributed by atoms with van der Waals surface area (Å²) < 4.78 is 0. The van der Waals surface area contributed by atoms with Crippen LogP contribution in [0, 0.1) is 11.3 Å². The maximum Gasteiger partial charge on any atom is 0.0647 e. The molecule has 0 spiro atoms. The highest BCUT2D eigenvalue weighted by Crippen LogP contribution is 2.51. The molecule has 1 aliphatic heterocycles. The predicted octanol–water partition coefficient (Wildman–Crippen LogP) is 0.119. The number of rotatable bonds is 3. The maximum atomic E-state index is 10.1. The predicted molar refractivity (Wildman–Crippen MR) is 50.4 cm³/mol. The molecule has 1 heterocycles. The van der Waals surface area contributed by atoms with Crippen molar-refractivity contribution in [2.24, 2.45) is 11.3 Å². The summed E-state index contributed by atoms with van der Waals surface area (Å²) in [6, 6.07) is 0. The minimum atomic E-state index is -0.264. The number of piperidine rings is 1. The Bertz CT molecular complexity index is 174. The molecule has 1 unspecified atom stereocenters. The number of aliphatic hydroxyl groups excluding tert-OH is 2. The van der Waals surface area contributed by atoms with E-state index >= 15 is 0 Å². The highest BCUT2D eigenvalue weighted by molar-refractivity contribution is 5.01. The molecule has 0 bridgehead atoms. The van der Waals surface area contributed by atoms with Crippen molar-refractivity contribution in [2.75, 3.05) is 19.7 Å². The molecule has 76 valence electrons. The van der Waals surface area contributed by atoms with Crippen molar-refractivity contribution in [1.82, 2.24) is 5.32 Å². The molecule has 3 N–H and O–H groups in total. The summed E-state index contributed by atoms with van der Waals surface area (Å²) in [5.41, 5.74) is -0.109. The zero-order chi connectivity index (χ0) is 9.31. The van der Waals surface area contributed by atoms with Gasteiger partial charge in [-0.2, -0.15) is 0 Å². The van der Waals surface area contributed by atoms with Crippen LogP contribution in [0.5, 0.6) is 0 Å². The lowest BCUT2D eigenvalue weighted by Gasteiger charge is -2.31. The molecule has 2 rings (SSSR count). The Kier molecular flexibility index (Phi) is 2.58. The lowest BCUT2D eigenvalue weighted by molar-refractivity contribution is -0.00233. The highest BCUT2D eigenvalue weighted by Gasteiger charge is 2.50. The molecule has 3 nitrogen and oxygen atoms in total. The van der Waals surface area contributed by atoms with Crippen LogP contribution in [-0.4, -0.2) is 36.0 Å². The molecule has 1 atom stereocenters. The molecular weight excluding hydrogens is 166 g/mol. The zero-order valence-electron chi connectivity index (χ0n) is 8.00. The molecule has 0 aromatic heterocycles.